The fraction of sp³-hybridized carbons (Fsp3) is 0.300. The van der Waals surface area contributed by atoms with Crippen molar-refractivity contribution in [3.8, 4) is 0 Å². The zero-order chi connectivity index (χ0) is 18.5. The van der Waals surface area contributed by atoms with Crippen molar-refractivity contribution < 1.29 is 14.5 Å². The summed E-state index contributed by atoms with van der Waals surface area (Å²) in [7, 11) is 0. The molecule has 1 heterocycles. The summed E-state index contributed by atoms with van der Waals surface area (Å²) in [6.07, 6.45) is 4.31. The van der Waals surface area contributed by atoms with E-state index >= 15 is 0 Å². The number of carboxylic acids is 1. The van der Waals surface area contributed by atoms with E-state index in [1.165, 1.54) is 16.3 Å². The highest BCUT2D eigenvalue weighted by atomic mass is 35.5. The van der Waals surface area contributed by atoms with E-state index in [9.17, 15) is 4.79 Å². The molecule has 2 aromatic carbocycles. The van der Waals surface area contributed by atoms with Crippen molar-refractivity contribution in [3.05, 3.63) is 64.7 Å². The lowest BCUT2D eigenvalue weighted by Gasteiger charge is -2.05. The molecule has 0 aliphatic rings. The van der Waals surface area contributed by atoms with Crippen LogP contribution in [0.4, 0.5) is 0 Å². The highest BCUT2D eigenvalue weighted by Gasteiger charge is 2.20. The predicted molar refractivity (Wildman–Crippen MR) is 104 cm³/mol. The third kappa shape index (κ3) is 4.37. The molecule has 0 saturated heterocycles. The monoisotopic (exact) mass is 391 g/mol. The van der Waals surface area contributed by atoms with Crippen molar-refractivity contribution >= 4 is 39.9 Å². The number of fused-ring (bicyclic) bond motifs is 1. The molecule has 0 aliphatic carbocycles. The van der Waals surface area contributed by atoms with Crippen LogP contribution >= 0.6 is 23.2 Å². The van der Waals surface area contributed by atoms with E-state index in [0.29, 0.717) is 23.3 Å². The maximum atomic E-state index is 10.6. The normalized spacial score (nSPS) is 11.2. The molecule has 0 saturated carbocycles. The number of nitrogens with zero attached hydrogens (tertiary/aromatic N) is 2. The summed E-state index contributed by atoms with van der Waals surface area (Å²) in [5.41, 5.74) is 1.27. The molecule has 0 aliphatic heterocycles. The standard InChI is InChI=1S/C20H20Cl2N2O2/c21-19-20(22)24(14-23(19)12-4-3-10-18(25)26)13-11-16-8-5-7-15-6-1-2-9-17(15)16/h1-2,5-9,14H,3-4,10-13H2/p+1. The number of imidazole rings is 1. The number of carboxylic acid groups (broad SMARTS) is 1. The minimum Gasteiger partial charge on any atom is -0.481 e. The second-order valence-electron chi connectivity index (χ2n) is 6.32. The summed E-state index contributed by atoms with van der Waals surface area (Å²) < 4.78 is 3.83. The molecule has 0 fully saturated rings. The molecule has 0 atom stereocenters. The second-order valence-corrected chi connectivity index (χ2v) is 7.04. The van der Waals surface area contributed by atoms with E-state index in [2.05, 4.69) is 36.4 Å². The Morgan fingerprint density at radius 2 is 1.85 bits per heavy atom. The van der Waals surface area contributed by atoms with Gasteiger partial charge in [-0.3, -0.25) is 4.79 Å². The van der Waals surface area contributed by atoms with Crippen molar-refractivity contribution in [2.24, 2.45) is 0 Å². The highest BCUT2D eigenvalue weighted by Crippen LogP contribution is 2.22. The number of hydrogen-bond acceptors (Lipinski definition) is 1. The highest BCUT2D eigenvalue weighted by molar-refractivity contribution is 6.39. The summed E-state index contributed by atoms with van der Waals surface area (Å²) >= 11 is 12.7. The third-order valence-electron chi connectivity index (χ3n) is 4.49. The summed E-state index contributed by atoms with van der Waals surface area (Å²) in [5, 5.41) is 12.2. The van der Waals surface area contributed by atoms with E-state index in [1.807, 2.05) is 21.5 Å². The molecule has 6 heteroatoms. The van der Waals surface area contributed by atoms with Gasteiger partial charge in [-0.2, -0.15) is 0 Å². The average Bonchev–Trinajstić information content (AvgIpc) is 2.91. The summed E-state index contributed by atoms with van der Waals surface area (Å²) in [4.78, 5) is 10.6. The fourth-order valence-electron chi connectivity index (χ4n) is 3.13. The minimum absolute atomic E-state index is 0.174. The Kier molecular flexibility index (Phi) is 6.17. The van der Waals surface area contributed by atoms with Gasteiger partial charge in [0.2, 0.25) is 6.33 Å². The van der Waals surface area contributed by atoms with Gasteiger partial charge in [0.05, 0.1) is 13.1 Å². The molecule has 26 heavy (non-hydrogen) atoms. The van der Waals surface area contributed by atoms with Gasteiger partial charge in [-0.15, -0.1) is 0 Å². The zero-order valence-corrected chi connectivity index (χ0v) is 15.9. The van der Waals surface area contributed by atoms with Crippen LogP contribution in [0.1, 0.15) is 24.8 Å². The first-order chi connectivity index (χ1) is 12.6. The van der Waals surface area contributed by atoms with Gasteiger partial charge in [0, 0.05) is 12.8 Å². The number of hydrogen-bond donors (Lipinski definition) is 1. The molecule has 3 rings (SSSR count). The topological polar surface area (TPSA) is 46.1 Å². The molecular formula is C20H21Cl2N2O2+. The number of halogens is 2. The van der Waals surface area contributed by atoms with Crippen LogP contribution < -0.4 is 4.57 Å². The summed E-state index contributed by atoms with van der Waals surface area (Å²) in [5.74, 6) is -0.771. The lowest BCUT2D eigenvalue weighted by atomic mass is 10.0. The molecule has 0 unspecified atom stereocenters. The average molecular weight is 392 g/mol. The van der Waals surface area contributed by atoms with E-state index in [1.54, 1.807) is 0 Å². The maximum absolute atomic E-state index is 10.6. The molecule has 1 N–H and O–H groups in total. The van der Waals surface area contributed by atoms with Crippen LogP contribution in [-0.2, 0) is 24.3 Å². The first-order valence-electron chi connectivity index (χ1n) is 8.68. The van der Waals surface area contributed by atoms with Crippen molar-refractivity contribution in [1.82, 2.24) is 4.57 Å². The molecule has 0 radical (unpaired) electrons. The number of rotatable bonds is 8. The lowest BCUT2D eigenvalue weighted by Crippen LogP contribution is -2.32. The summed E-state index contributed by atoms with van der Waals surface area (Å²) in [6.45, 7) is 1.39. The smallest absolute Gasteiger partial charge is 0.303 e. The molecule has 0 spiro atoms. The molecule has 1 aromatic heterocycles. The molecule has 3 aromatic rings. The van der Waals surface area contributed by atoms with Gasteiger partial charge in [0.15, 0.2) is 0 Å². The Balaban J connectivity index is 1.68. The fourth-order valence-corrected chi connectivity index (χ4v) is 3.60. The Bertz CT molecular complexity index is 916. The van der Waals surface area contributed by atoms with Crippen molar-refractivity contribution in [3.63, 3.8) is 0 Å². The number of aryl methyl sites for hydroxylation is 3. The second kappa shape index (κ2) is 8.56. The lowest BCUT2D eigenvalue weighted by molar-refractivity contribution is -0.694. The van der Waals surface area contributed by atoms with Crippen LogP contribution in [0.25, 0.3) is 10.8 Å². The van der Waals surface area contributed by atoms with Crippen molar-refractivity contribution in [2.45, 2.75) is 38.8 Å². The number of aromatic nitrogens is 2. The predicted octanol–water partition coefficient (Wildman–Crippen LogP) is 4.73. The van der Waals surface area contributed by atoms with Gasteiger partial charge >= 0.3 is 5.97 Å². The van der Waals surface area contributed by atoms with Crippen LogP contribution in [0.15, 0.2) is 48.8 Å². The van der Waals surface area contributed by atoms with Crippen LogP contribution in [0, 0.1) is 0 Å². The van der Waals surface area contributed by atoms with Gasteiger partial charge in [0.25, 0.3) is 10.3 Å². The Labute approximate surface area is 162 Å². The Morgan fingerprint density at radius 1 is 1.08 bits per heavy atom. The Morgan fingerprint density at radius 3 is 2.65 bits per heavy atom. The molecule has 4 nitrogen and oxygen atoms in total. The van der Waals surface area contributed by atoms with Crippen LogP contribution in [-0.4, -0.2) is 15.6 Å². The minimum atomic E-state index is -0.771. The zero-order valence-electron chi connectivity index (χ0n) is 14.4. The first-order valence-corrected chi connectivity index (χ1v) is 9.44. The Hall–Kier alpha value is -2.04. The largest absolute Gasteiger partial charge is 0.481 e. The van der Waals surface area contributed by atoms with Gasteiger partial charge in [-0.1, -0.05) is 42.5 Å². The first kappa shape index (κ1) is 18.7. The number of aliphatic carboxylic acids is 1. The van der Waals surface area contributed by atoms with E-state index in [0.717, 1.165) is 19.4 Å². The van der Waals surface area contributed by atoms with E-state index in [-0.39, 0.29) is 6.42 Å². The van der Waals surface area contributed by atoms with Gasteiger partial charge in [-0.05, 0) is 52.4 Å². The maximum Gasteiger partial charge on any atom is 0.303 e. The quantitative estimate of drug-likeness (QED) is 0.445. The van der Waals surface area contributed by atoms with Crippen LogP contribution in [0.2, 0.25) is 10.3 Å². The van der Waals surface area contributed by atoms with Crippen molar-refractivity contribution in [1.29, 1.82) is 0 Å². The molecule has 0 amide bonds. The molecule has 0 bridgehead atoms. The van der Waals surface area contributed by atoms with Crippen LogP contribution in [0.5, 0.6) is 0 Å². The number of unbranched alkanes of at least 4 members (excludes halogenated alkanes) is 1. The van der Waals surface area contributed by atoms with E-state index in [4.69, 9.17) is 28.3 Å². The van der Waals surface area contributed by atoms with Gasteiger partial charge in [-0.25, -0.2) is 9.13 Å². The number of carbonyl (C=O) groups is 1. The van der Waals surface area contributed by atoms with Gasteiger partial charge in [0.1, 0.15) is 0 Å². The molecular weight excluding hydrogens is 371 g/mol. The van der Waals surface area contributed by atoms with Crippen molar-refractivity contribution in [2.75, 3.05) is 0 Å². The third-order valence-corrected chi connectivity index (χ3v) is 5.38. The number of benzene rings is 2. The summed E-state index contributed by atoms with van der Waals surface area (Å²) in [6, 6.07) is 14.7. The van der Waals surface area contributed by atoms with E-state index < -0.39 is 5.97 Å². The molecule has 136 valence electrons. The van der Waals surface area contributed by atoms with Crippen LogP contribution in [0.3, 0.4) is 0 Å². The van der Waals surface area contributed by atoms with Gasteiger partial charge < -0.3 is 5.11 Å². The SMILES string of the molecule is O=C(O)CCCC[n+]1cn(CCc2cccc3ccccc23)c(Cl)c1Cl.